The first-order valence-electron chi connectivity index (χ1n) is 6.90. The highest BCUT2D eigenvalue weighted by molar-refractivity contribution is 5.82. The van der Waals surface area contributed by atoms with Crippen LogP contribution in [0.5, 0.6) is 5.75 Å². The van der Waals surface area contributed by atoms with Gasteiger partial charge in [0.25, 0.3) is 0 Å². The minimum Gasteiger partial charge on any atom is -0.496 e. The number of ether oxygens (including phenoxy) is 2. The molecule has 1 saturated heterocycles. The van der Waals surface area contributed by atoms with E-state index in [0.29, 0.717) is 13.2 Å². The van der Waals surface area contributed by atoms with Gasteiger partial charge in [-0.25, -0.2) is 0 Å². The molecular weight excluding hydrogens is 256 g/mol. The Morgan fingerprint density at radius 2 is 2.25 bits per heavy atom. The summed E-state index contributed by atoms with van der Waals surface area (Å²) in [5, 5.41) is 6.17. The average molecular weight is 278 g/mol. The minimum absolute atomic E-state index is 0.0864. The van der Waals surface area contributed by atoms with Gasteiger partial charge in [-0.05, 0) is 30.5 Å². The molecule has 1 heterocycles. The third-order valence-electron chi connectivity index (χ3n) is 3.48. The van der Waals surface area contributed by atoms with Crippen molar-refractivity contribution >= 4 is 5.91 Å². The van der Waals surface area contributed by atoms with Gasteiger partial charge in [0.1, 0.15) is 5.75 Å². The summed E-state index contributed by atoms with van der Waals surface area (Å²) < 4.78 is 10.5. The van der Waals surface area contributed by atoms with Gasteiger partial charge in [0, 0.05) is 25.8 Å². The fraction of sp³-hybridized carbons (Fsp3) is 0.533. The molecule has 0 radical (unpaired) electrons. The van der Waals surface area contributed by atoms with Crippen LogP contribution in [0.1, 0.15) is 24.0 Å². The zero-order valence-electron chi connectivity index (χ0n) is 12.1. The summed E-state index contributed by atoms with van der Waals surface area (Å²) in [6.07, 6.45) is 1.90. The van der Waals surface area contributed by atoms with Crippen molar-refractivity contribution in [3.8, 4) is 5.75 Å². The second kappa shape index (κ2) is 7.26. The van der Waals surface area contributed by atoms with Crippen LogP contribution < -0.4 is 15.4 Å². The Bertz CT molecular complexity index is 462. The molecule has 5 nitrogen and oxygen atoms in total. The predicted molar refractivity (Wildman–Crippen MR) is 76.6 cm³/mol. The number of nitrogens with one attached hydrogen (secondary N) is 2. The topological polar surface area (TPSA) is 59.6 Å². The van der Waals surface area contributed by atoms with Gasteiger partial charge < -0.3 is 20.1 Å². The molecule has 0 saturated carbocycles. The van der Waals surface area contributed by atoms with E-state index >= 15 is 0 Å². The Hall–Kier alpha value is -1.59. The van der Waals surface area contributed by atoms with Crippen molar-refractivity contribution in [2.75, 3.05) is 20.8 Å². The Kier molecular flexibility index (Phi) is 5.38. The number of benzene rings is 1. The summed E-state index contributed by atoms with van der Waals surface area (Å²) in [5.41, 5.74) is 2.14. The van der Waals surface area contributed by atoms with E-state index in [4.69, 9.17) is 9.47 Å². The first-order chi connectivity index (χ1) is 9.74. The van der Waals surface area contributed by atoms with E-state index in [-0.39, 0.29) is 11.9 Å². The molecule has 0 aromatic heterocycles. The Balaban J connectivity index is 2.02. The summed E-state index contributed by atoms with van der Waals surface area (Å²) in [4.78, 5) is 11.7. The molecule has 20 heavy (non-hydrogen) atoms. The Morgan fingerprint density at radius 3 is 2.95 bits per heavy atom. The maximum Gasteiger partial charge on any atom is 0.237 e. The van der Waals surface area contributed by atoms with Gasteiger partial charge in [-0.15, -0.1) is 0 Å². The number of carbonyl (C=O) groups is 1. The molecule has 1 aromatic carbocycles. The van der Waals surface area contributed by atoms with E-state index in [2.05, 4.69) is 16.7 Å². The van der Waals surface area contributed by atoms with Crippen molar-refractivity contribution in [2.45, 2.75) is 32.0 Å². The van der Waals surface area contributed by atoms with Gasteiger partial charge in [0.2, 0.25) is 5.91 Å². The second-order valence-corrected chi connectivity index (χ2v) is 4.95. The zero-order valence-corrected chi connectivity index (χ0v) is 12.1. The summed E-state index contributed by atoms with van der Waals surface area (Å²) in [7, 11) is 3.33. The molecule has 1 aromatic rings. The van der Waals surface area contributed by atoms with Gasteiger partial charge >= 0.3 is 0 Å². The lowest BCUT2D eigenvalue weighted by molar-refractivity contribution is -0.124. The van der Waals surface area contributed by atoms with Crippen LogP contribution in [0.25, 0.3) is 0 Å². The highest BCUT2D eigenvalue weighted by atomic mass is 16.5. The summed E-state index contributed by atoms with van der Waals surface area (Å²) in [6, 6.07) is 5.86. The van der Waals surface area contributed by atoms with E-state index in [1.165, 1.54) is 0 Å². The quantitative estimate of drug-likeness (QED) is 0.821. The number of rotatable bonds is 6. The molecule has 1 aliphatic rings. The summed E-state index contributed by atoms with van der Waals surface area (Å²) >= 11 is 0. The Morgan fingerprint density at radius 1 is 1.40 bits per heavy atom. The van der Waals surface area contributed by atoms with Crippen molar-refractivity contribution in [3.63, 3.8) is 0 Å². The zero-order chi connectivity index (χ0) is 14.4. The van der Waals surface area contributed by atoms with Crippen molar-refractivity contribution < 1.29 is 14.3 Å². The summed E-state index contributed by atoms with van der Waals surface area (Å²) in [5.74, 6) is 0.914. The third kappa shape index (κ3) is 3.71. The molecule has 5 heteroatoms. The van der Waals surface area contributed by atoms with E-state index in [1.54, 1.807) is 14.2 Å². The van der Waals surface area contributed by atoms with E-state index < -0.39 is 0 Å². The van der Waals surface area contributed by atoms with Crippen molar-refractivity contribution in [1.29, 1.82) is 0 Å². The molecule has 1 fully saturated rings. The van der Waals surface area contributed by atoms with Crippen LogP contribution in [0.4, 0.5) is 0 Å². The molecule has 0 bridgehead atoms. The van der Waals surface area contributed by atoms with Crippen LogP contribution in [0.3, 0.4) is 0 Å². The van der Waals surface area contributed by atoms with E-state index in [0.717, 1.165) is 36.3 Å². The molecule has 0 unspecified atom stereocenters. The molecule has 1 atom stereocenters. The van der Waals surface area contributed by atoms with Crippen LogP contribution in [-0.4, -0.2) is 32.7 Å². The molecular formula is C15H22N2O3. The molecule has 0 aliphatic carbocycles. The fourth-order valence-electron chi connectivity index (χ4n) is 2.43. The van der Waals surface area contributed by atoms with Crippen LogP contribution in [-0.2, 0) is 22.7 Å². The largest absolute Gasteiger partial charge is 0.496 e. The first-order valence-corrected chi connectivity index (χ1v) is 6.90. The van der Waals surface area contributed by atoms with Crippen molar-refractivity contribution in [1.82, 2.24) is 10.6 Å². The number of hydrogen-bond donors (Lipinski definition) is 2. The normalized spacial score (nSPS) is 18.7. The molecule has 0 spiro atoms. The van der Waals surface area contributed by atoms with Gasteiger partial charge in [-0.2, -0.15) is 0 Å². The van der Waals surface area contributed by atoms with Crippen molar-refractivity contribution in [3.05, 3.63) is 29.3 Å². The van der Waals surface area contributed by atoms with Crippen LogP contribution >= 0.6 is 0 Å². The molecule has 110 valence electrons. The predicted octanol–water partition coefficient (Wildman–Crippen LogP) is 1.21. The number of amides is 1. The van der Waals surface area contributed by atoms with Crippen LogP contribution in [0, 0.1) is 0 Å². The molecule has 1 amide bonds. The maximum atomic E-state index is 11.7. The summed E-state index contributed by atoms with van der Waals surface area (Å²) in [6.45, 7) is 1.96. The highest BCUT2D eigenvalue weighted by Crippen LogP contribution is 2.20. The SMILES string of the molecule is COCc1ccc(OC)c(CN[C@H]2CCCNC2=O)c1. The number of methoxy groups -OCH3 is 2. The number of carbonyl (C=O) groups excluding carboxylic acids is 1. The maximum absolute atomic E-state index is 11.7. The number of piperidine rings is 1. The lowest BCUT2D eigenvalue weighted by atomic mass is 10.1. The first kappa shape index (κ1) is 14.8. The van der Waals surface area contributed by atoms with Crippen molar-refractivity contribution in [2.24, 2.45) is 0 Å². The lowest BCUT2D eigenvalue weighted by Crippen LogP contribution is -2.47. The van der Waals surface area contributed by atoms with Crippen LogP contribution in [0.2, 0.25) is 0 Å². The standard InChI is InChI=1S/C15H22N2O3/c1-19-10-11-5-6-14(20-2)12(8-11)9-17-13-4-3-7-16-15(13)18/h5-6,8,13,17H,3-4,7,9-10H2,1-2H3,(H,16,18)/t13-/m0/s1. The minimum atomic E-state index is -0.112. The highest BCUT2D eigenvalue weighted by Gasteiger charge is 2.21. The molecule has 2 N–H and O–H groups in total. The number of hydrogen-bond acceptors (Lipinski definition) is 4. The second-order valence-electron chi connectivity index (χ2n) is 4.95. The monoisotopic (exact) mass is 278 g/mol. The van der Waals surface area contributed by atoms with Gasteiger partial charge in [-0.1, -0.05) is 6.07 Å². The molecule has 2 rings (SSSR count). The van der Waals surface area contributed by atoms with Crippen LogP contribution in [0.15, 0.2) is 18.2 Å². The van der Waals surface area contributed by atoms with Gasteiger partial charge in [0.15, 0.2) is 0 Å². The third-order valence-corrected chi connectivity index (χ3v) is 3.48. The van der Waals surface area contributed by atoms with Gasteiger partial charge in [0.05, 0.1) is 19.8 Å². The average Bonchev–Trinajstić information content (AvgIpc) is 2.47. The Labute approximate surface area is 119 Å². The molecule has 1 aliphatic heterocycles. The smallest absolute Gasteiger partial charge is 0.237 e. The lowest BCUT2D eigenvalue weighted by Gasteiger charge is -2.23. The fourth-order valence-corrected chi connectivity index (χ4v) is 2.43. The van der Waals surface area contributed by atoms with E-state index in [9.17, 15) is 4.79 Å². The van der Waals surface area contributed by atoms with E-state index in [1.807, 2.05) is 12.1 Å². The van der Waals surface area contributed by atoms with Gasteiger partial charge in [-0.3, -0.25) is 4.79 Å².